The lowest BCUT2D eigenvalue weighted by atomic mass is 10.1. The number of nitrogens with zero attached hydrogens (tertiary/aromatic N) is 1. The molecule has 2 N–H and O–H groups in total. The summed E-state index contributed by atoms with van der Waals surface area (Å²) in [5.41, 5.74) is 2.86. The first-order valence-corrected chi connectivity index (χ1v) is 11.4. The van der Waals surface area contributed by atoms with Crippen LogP contribution in [0.25, 0.3) is 10.9 Å². The molecule has 2 aromatic carbocycles. The number of carbonyl (C=O) groups is 2. The maximum absolute atomic E-state index is 12.4. The van der Waals surface area contributed by atoms with E-state index in [4.69, 9.17) is 4.42 Å². The normalized spacial score (nSPS) is 10.9. The third-order valence-corrected chi connectivity index (χ3v) is 6.15. The Bertz CT molecular complexity index is 1200. The van der Waals surface area contributed by atoms with Gasteiger partial charge in [-0.05, 0) is 37.3 Å². The van der Waals surface area contributed by atoms with Crippen molar-refractivity contribution in [3.05, 3.63) is 90.0 Å². The zero-order chi connectivity index (χ0) is 22.3. The first-order chi connectivity index (χ1) is 15.6. The van der Waals surface area contributed by atoms with E-state index >= 15 is 0 Å². The number of aromatic nitrogens is 1. The van der Waals surface area contributed by atoms with Crippen LogP contribution < -0.4 is 10.6 Å². The summed E-state index contributed by atoms with van der Waals surface area (Å²) in [5, 5.41) is 6.95. The fourth-order valence-electron chi connectivity index (χ4n) is 3.40. The zero-order valence-electron chi connectivity index (χ0n) is 17.8. The van der Waals surface area contributed by atoms with Crippen LogP contribution in [0.5, 0.6) is 0 Å². The van der Waals surface area contributed by atoms with Gasteiger partial charge >= 0.3 is 0 Å². The minimum absolute atomic E-state index is 0.0476. The van der Waals surface area contributed by atoms with Crippen LogP contribution in [0.15, 0.2) is 82.4 Å². The fourth-order valence-corrected chi connectivity index (χ4v) is 4.32. The number of fused-ring (bicyclic) bond motifs is 1. The highest BCUT2D eigenvalue weighted by Crippen LogP contribution is 2.29. The molecule has 0 fully saturated rings. The number of para-hydroxylation sites is 1. The lowest BCUT2D eigenvalue weighted by Gasteiger charge is -2.08. The molecule has 7 heteroatoms. The molecule has 32 heavy (non-hydrogen) atoms. The molecule has 6 nitrogen and oxygen atoms in total. The number of thioether (sulfide) groups is 1. The van der Waals surface area contributed by atoms with Crippen LogP contribution in [0.4, 0.5) is 0 Å². The van der Waals surface area contributed by atoms with Gasteiger partial charge in [-0.25, -0.2) is 0 Å². The number of carbonyl (C=O) groups excluding carboxylic acids is 2. The van der Waals surface area contributed by atoms with Gasteiger partial charge in [0.2, 0.25) is 5.91 Å². The number of hydrogen-bond acceptors (Lipinski definition) is 4. The summed E-state index contributed by atoms with van der Waals surface area (Å²) in [6.07, 6.45) is 3.64. The molecule has 0 aliphatic heterocycles. The van der Waals surface area contributed by atoms with E-state index in [-0.39, 0.29) is 11.8 Å². The van der Waals surface area contributed by atoms with Crippen molar-refractivity contribution in [2.45, 2.75) is 24.9 Å². The first kappa shape index (κ1) is 21.8. The van der Waals surface area contributed by atoms with Crippen molar-refractivity contribution in [3.63, 3.8) is 0 Å². The van der Waals surface area contributed by atoms with E-state index in [2.05, 4.69) is 27.3 Å². The molecule has 4 aromatic rings. The number of furan rings is 1. The molecule has 0 unspecified atom stereocenters. The van der Waals surface area contributed by atoms with E-state index in [0.717, 1.165) is 27.1 Å². The largest absolute Gasteiger partial charge is 0.467 e. The Morgan fingerprint density at radius 2 is 1.81 bits per heavy atom. The van der Waals surface area contributed by atoms with Gasteiger partial charge in [0.15, 0.2) is 0 Å². The van der Waals surface area contributed by atoms with Crippen molar-refractivity contribution in [1.29, 1.82) is 0 Å². The number of amides is 2. The van der Waals surface area contributed by atoms with Gasteiger partial charge in [-0.3, -0.25) is 9.59 Å². The van der Waals surface area contributed by atoms with Crippen molar-refractivity contribution in [2.75, 3.05) is 12.3 Å². The summed E-state index contributed by atoms with van der Waals surface area (Å²) in [6, 6.07) is 19.3. The number of hydrogen-bond donors (Lipinski definition) is 2. The van der Waals surface area contributed by atoms with Gasteiger partial charge in [0.05, 0.1) is 18.6 Å². The van der Waals surface area contributed by atoms with Crippen LogP contribution in [0.1, 0.15) is 21.7 Å². The van der Waals surface area contributed by atoms with E-state index in [9.17, 15) is 9.59 Å². The summed E-state index contributed by atoms with van der Waals surface area (Å²) in [6.45, 7) is 3.54. The van der Waals surface area contributed by atoms with Crippen molar-refractivity contribution in [3.8, 4) is 0 Å². The highest BCUT2D eigenvalue weighted by atomic mass is 32.2. The average Bonchev–Trinajstić information content (AvgIpc) is 3.45. The van der Waals surface area contributed by atoms with Gasteiger partial charge in [-0.15, -0.1) is 11.8 Å². The summed E-state index contributed by atoms with van der Waals surface area (Å²) in [4.78, 5) is 25.6. The second-order valence-corrected chi connectivity index (χ2v) is 8.49. The van der Waals surface area contributed by atoms with Gasteiger partial charge in [-0.1, -0.05) is 35.9 Å². The van der Waals surface area contributed by atoms with Crippen LogP contribution in [-0.4, -0.2) is 28.7 Å². The predicted octanol–water partition coefficient (Wildman–Crippen LogP) is 4.38. The van der Waals surface area contributed by atoms with Crippen molar-refractivity contribution < 1.29 is 14.0 Å². The Hall–Kier alpha value is -3.45. The van der Waals surface area contributed by atoms with Crippen LogP contribution in [0.3, 0.4) is 0 Å². The molecule has 2 amide bonds. The molecular weight excluding hydrogens is 422 g/mol. The molecule has 0 aliphatic carbocycles. The molecule has 0 atom stereocenters. The van der Waals surface area contributed by atoms with E-state index in [0.29, 0.717) is 31.0 Å². The number of rotatable bonds is 9. The molecule has 0 saturated heterocycles. The maximum Gasteiger partial charge on any atom is 0.251 e. The molecule has 0 bridgehead atoms. The van der Waals surface area contributed by atoms with Crippen molar-refractivity contribution >= 4 is 34.5 Å². The van der Waals surface area contributed by atoms with E-state index in [1.54, 1.807) is 12.3 Å². The van der Waals surface area contributed by atoms with Gasteiger partial charge < -0.3 is 19.6 Å². The van der Waals surface area contributed by atoms with Crippen molar-refractivity contribution in [2.24, 2.45) is 0 Å². The predicted molar refractivity (Wildman–Crippen MR) is 127 cm³/mol. The highest BCUT2D eigenvalue weighted by molar-refractivity contribution is 8.00. The first-order valence-electron chi connectivity index (χ1n) is 10.4. The summed E-state index contributed by atoms with van der Waals surface area (Å²) >= 11 is 1.50. The van der Waals surface area contributed by atoms with Crippen molar-refractivity contribution in [1.82, 2.24) is 15.2 Å². The summed E-state index contributed by atoms with van der Waals surface area (Å²) in [5.74, 6) is 0.921. The van der Waals surface area contributed by atoms with E-state index in [1.165, 1.54) is 11.8 Å². The van der Waals surface area contributed by atoms with Crippen LogP contribution >= 0.6 is 11.8 Å². The smallest absolute Gasteiger partial charge is 0.251 e. The second kappa shape index (κ2) is 10.2. The fraction of sp³-hybridized carbons (Fsp3) is 0.200. The van der Waals surface area contributed by atoms with Crippen LogP contribution in [0.2, 0.25) is 0 Å². The highest BCUT2D eigenvalue weighted by Gasteiger charge is 2.12. The quantitative estimate of drug-likeness (QED) is 0.373. The molecule has 2 aromatic heterocycles. The maximum atomic E-state index is 12.4. The SMILES string of the molecule is Cc1ccc(C(=O)NCCn2cc(SCC(=O)NCc3ccco3)c3ccccc32)cc1. The van der Waals surface area contributed by atoms with Gasteiger partial charge in [0.25, 0.3) is 5.91 Å². The summed E-state index contributed by atoms with van der Waals surface area (Å²) < 4.78 is 7.36. The lowest BCUT2D eigenvalue weighted by Crippen LogP contribution is -2.27. The Labute approximate surface area is 191 Å². The van der Waals surface area contributed by atoms with E-state index < -0.39 is 0 Å². The third kappa shape index (κ3) is 5.42. The Morgan fingerprint density at radius 3 is 2.59 bits per heavy atom. The zero-order valence-corrected chi connectivity index (χ0v) is 18.7. The molecule has 0 saturated carbocycles. The molecule has 0 spiro atoms. The van der Waals surface area contributed by atoms with Gasteiger partial charge in [0, 0.05) is 40.6 Å². The molecule has 0 aliphatic rings. The van der Waals surface area contributed by atoms with E-state index in [1.807, 2.05) is 55.6 Å². The Balaban J connectivity index is 1.35. The molecule has 4 rings (SSSR count). The lowest BCUT2D eigenvalue weighted by molar-refractivity contribution is -0.118. The average molecular weight is 448 g/mol. The monoisotopic (exact) mass is 447 g/mol. The second-order valence-electron chi connectivity index (χ2n) is 7.47. The molecule has 2 heterocycles. The Kier molecular flexibility index (Phi) is 6.97. The number of nitrogens with one attached hydrogen (secondary N) is 2. The molecular formula is C25H25N3O3S. The standard InChI is InChI=1S/C25H25N3O3S/c1-18-8-10-19(11-9-18)25(30)26-12-13-28-16-23(21-6-2-3-7-22(21)28)32-17-24(29)27-15-20-5-4-14-31-20/h2-11,14,16H,12-13,15,17H2,1H3,(H,26,30)(H,27,29). The van der Waals surface area contributed by atoms with Gasteiger partial charge in [-0.2, -0.15) is 0 Å². The molecule has 0 radical (unpaired) electrons. The third-order valence-electron chi connectivity index (χ3n) is 5.10. The van der Waals surface area contributed by atoms with Crippen LogP contribution in [0, 0.1) is 6.92 Å². The minimum Gasteiger partial charge on any atom is -0.467 e. The topological polar surface area (TPSA) is 76.3 Å². The Morgan fingerprint density at radius 1 is 1.00 bits per heavy atom. The summed E-state index contributed by atoms with van der Waals surface area (Å²) in [7, 11) is 0. The van der Waals surface area contributed by atoms with Crippen LogP contribution in [-0.2, 0) is 17.9 Å². The van der Waals surface area contributed by atoms with Gasteiger partial charge in [0.1, 0.15) is 5.76 Å². The number of benzene rings is 2. The molecule has 164 valence electrons. The minimum atomic E-state index is -0.0794. The number of aryl methyl sites for hydroxylation is 1.